The number of aliphatic hydroxyl groups is 1. The highest BCUT2D eigenvalue weighted by Gasteiger charge is 2.23. The zero-order chi connectivity index (χ0) is 17.6. The van der Waals surface area contributed by atoms with Gasteiger partial charge in [-0.05, 0) is 32.3 Å². The van der Waals surface area contributed by atoms with E-state index in [9.17, 15) is 15.2 Å². The van der Waals surface area contributed by atoms with Gasteiger partial charge in [0.2, 0.25) is 0 Å². The Balaban J connectivity index is 1.88. The number of hydrogen-bond donors (Lipinski definition) is 2. The molecular weight excluding hydrogens is 304 g/mol. The van der Waals surface area contributed by atoms with Crippen molar-refractivity contribution in [1.82, 2.24) is 5.32 Å². The number of aryl methyl sites for hydroxylation is 1. The second-order valence-electron chi connectivity index (χ2n) is 6.35. The summed E-state index contributed by atoms with van der Waals surface area (Å²) >= 11 is 0. The average Bonchev–Trinajstić information content (AvgIpc) is 2.59. The molecule has 2 rings (SSSR count). The molecule has 2 atom stereocenters. The van der Waals surface area contributed by atoms with Crippen molar-refractivity contribution >= 4 is 5.69 Å². The van der Waals surface area contributed by atoms with Gasteiger partial charge in [0.25, 0.3) is 5.69 Å². The minimum atomic E-state index is -0.950. The SMILES string of the molecule is CC(CCc1ccccc1[N+](=O)[O-])NCC(C)(O)c1ccccc1. The van der Waals surface area contributed by atoms with Crippen molar-refractivity contribution in [1.29, 1.82) is 0 Å². The molecule has 2 unspecified atom stereocenters. The zero-order valence-electron chi connectivity index (χ0n) is 14.1. The first kappa shape index (κ1) is 18.1. The molecule has 0 aliphatic heterocycles. The summed E-state index contributed by atoms with van der Waals surface area (Å²) < 4.78 is 0. The largest absolute Gasteiger partial charge is 0.384 e. The Labute approximate surface area is 142 Å². The Bertz CT molecular complexity index is 671. The molecule has 0 saturated heterocycles. The predicted octanol–water partition coefficient (Wildman–Crippen LogP) is 3.41. The predicted molar refractivity (Wildman–Crippen MR) is 94.9 cm³/mol. The summed E-state index contributed by atoms with van der Waals surface area (Å²) in [5.74, 6) is 0. The summed E-state index contributed by atoms with van der Waals surface area (Å²) in [5, 5.41) is 24.9. The number of nitrogens with one attached hydrogen (secondary N) is 1. The minimum Gasteiger partial charge on any atom is -0.384 e. The highest BCUT2D eigenvalue weighted by atomic mass is 16.6. The maximum Gasteiger partial charge on any atom is 0.272 e. The maximum absolute atomic E-state index is 11.0. The van der Waals surface area contributed by atoms with E-state index in [0.29, 0.717) is 13.0 Å². The van der Waals surface area contributed by atoms with E-state index in [1.165, 1.54) is 6.07 Å². The zero-order valence-corrected chi connectivity index (χ0v) is 14.1. The highest BCUT2D eigenvalue weighted by molar-refractivity contribution is 5.39. The minimum absolute atomic E-state index is 0.139. The number of rotatable bonds is 8. The van der Waals surface area contributed by atoms with Crippen LogP contribution in [0, 0.1) is 10.1 Å². The topological polar surface area (TPSA) is 75.4 Å². The third-order valence-corrected chi connectivity index (χ3v) is 4.23. The Hall–Kier alpha value is -2.24. The molecule has 24 heavy (non-hydrogen) atoms. The van der Waals surface area contributed by atoms with E-state index in [-0.39, 0.29) is 16.7 Å². The van der Waals surface area contributed by atoms with E-state index >= 15 is 0 Å². The quantitative estimate of drug-likeness (QED) is 0.575. The van der Waals surface area contributed by atoms with E-state index in [1.807, 2.05) is 43.3 Å². The van der Waals surface area contributed by atoms with Gasteiger partial charge in [0.15, 0.2) is 0 Å². The Kier molecular flexibility index (Phi) is 6.06. The average molecular weight is 328 g/mol. The molecule has 128 valence electrons. The van der Waals surface area contributed by atoms with Crippen molar-refractivity contribution in [3.63, 3.8) is 0 Å². The smallest absolute Gasteiger partial charge is 0.272 e. The molecule has 0 aliphatic rings. The Morgan fingerprint density at radius 3 is 2.46 bits per heavy atom. The Morgan fingerprint density at radius 2 is 1.79 bits per heavy atom. The fourth-order valence-corrected chi connectivity index (χ4v) is 2.65. The molecule has 5 nitrogen and oxygen atoms in total. The number of nitro groups is 1. The van der Waals surface area contributed by atoms with Crippen LogP contribution in [0.5, 0.6) is 0 Å². The number of hydrogen-bond acceptors (Lipinski definition) is 4. The number of nitro benzene ring substituents is 1. The lowest BCUT2D eigenvalue weighted by molar-refractivity contribution is -0.385. The first-order valence-electron chi connectivity index (χ1n) is 8.14. The van der Waals surface area contributed by atoms with Crippen LogP contribution < -0.4 is 5.32 Å². The molecular formula is C19H24N2O3. The summed E-state index contributed by atoms with van der Waals surface area (Å²) in [5.41, 5.74) is 0.823. The maximum atomic E-state index is 11.0. The third-order valence-electron chi connectivity index (χ3n) is 4.23. The van der Waals surface area contributed by atoms with Crippen molar-refractivity contribution in [2.24, 2.45) is 0 Å². The van der Waals surface area contributed by atoms with Gasteiger partial charge < -0.3 is 10.4 Å². The van der Waals surface area contributed by atoms with Crippen LogP contribution in [-0.4, -0.2) is 22.6 Å². The lowest BCUT2D eigenvalue weighted by Gasteiger charge is -2.26. The van der Waals surface area contributed by atoms with Crippen molar-refractivity contribution in [2.45, 2.75) is 38.3 Å². The first-order valence-corrected chi connectivity index (χ1v) is 8.14. The first-order chi connectivity index (χ1) is 11.4. The highest BCUT2D eigenvalue weighted by Crippen LogP contribution is 2.21. The van der Waals surface area contributed by atoms with Gasteiger partial charge in [0.1, 0.15) is 0 Å². The van der Waals surface area contributed by atoms with Crippen LogP contribution in [0.15, 0.2) is 54.6 Å². The molecule has 0 amide bonds. The number of benzene rings is 2. The fourth-order valence-electron chi connectivity index (χ4n) is 2.65. The van der Waals surface area contributed by atoms with Crippen LogP contribution in [0.2, 0.25) is 0 Å². The molecule has 5 heteroatoms. The fraction of sp³-hybridized carbons (Fsp3) is 0.368. The molecule has 0 bridgehead atoms. The van der Waals surface area contributed by atoms with Gasteiger partial charge in [-0.3, -0.25) is 10.1 Å². The summed E-state index contributed by atoms with van der Waals surface area (Å²) in [7, 11) is 0. The van der Waals surface area contributed by atoms with Crippen LogP contribution in [0.1, 0.15) is 31.4 Å². The lowest BCUT2D eigenvalue weighted by Crippen LogP contribution is -2.39. The molecule has 2 aromatic carbocycles. The van der Waals surface area contributed by atoms with Crippen LogP contribution in [0.4, 0.5) is 5.69 Å². The standard InChI is InChI=1S/C19H24N2O3/c1-15(12-13-16-8-6-7-11-18(16)21(23)24)20-14-19(2,22)17-9-4-3-5-10-17/h3-11,15,20,22H,12-14H2,1-2H3. The van der Waals surface area contributed by atoms with Crippen LogP contribution in [0.3, 0.4) is 0 Å². The molecule has 0 saturated carbocycles. The molecule has 0 fully saturated rings. The van der Waals surface area contributed by atoms with Crippen LogP contribution in [0.25, 0.3) is 0 Å². The van der Waals surface area contributed by atoms with Gasteiger partial charge in [-0.1, -0.05) is 48.5 Å². The number of para-hydroxylation sites is 1. The summed E-state index contributed by atoms with van der Waals surface area (Å²) in [4.78, 5) is 10.7. The van der Waals surface area contributed by atoms with Crippen molar-refractivity contribution in [2.75, 3.05) is 6.54 Å². The van der Waals surface area contributed by atoms with Gasteiger partial charge in [0, 0.05) is 24.2 Å². The summed E-state index contributed by atoms with van der Waals surface area (Å²) in [6.45, 7) is 4.23. The lowest BCUT2D eigenvalue weighted by atomic mass is 9.95. The van der Waals surface area contributed by atoms with Gasteiger partial charge in [-0.2, -0.15) is 0 Å². The van der Waals surface area contributed by atoms with Crippen molar-refractivity contribution < 1.29 is 10.0 Å². The summed E-state index contributed by atoms with van der Waals surface area (Å²) in [6.07, 6.45) is 1.38. The van der Waals surface area contributed by atoms with Crippen molar-refractivity contribution in [3.8, 4) is 0 Å². The van der Waals surface area contributed by atoms with Gasteiger partial charge in [-0.25, -0.2) is 0 Å². The number of nitrogens with zero attached hydrogens (tertiary/aromatic N) is 1. The van der Waals surface area contributed by atoms with E-state index < -0.39 is 5.60 Å². The monoisotopic (exact) mass is 328 g/mol. The van der Waals surface area contributed by atoms with E-state index in [4.69, 9.17) is 0 Å². The van der Waals surface area contributed by atoms with E-state index in [1.54, 1.807) is 19.1 Å². The second-order valence-corrected chi connectivity index (χ2v) is 6.35. The third kappa shape index (κ3) is 4.88. The van der Waals surface area contributed by atoms with Gasteiger partial charge in [0.05, 0.1) is 10.5 Å². The molecule has 0 radical (unpaired) electrons. The van der Waals surface area contributed by atoms with Crippen LogP contribution in [-0.2, 0) is 12.0 Å². The molecule has 2 N–H and O–H groups in total. The molecule has 0 spiro atoms. The van der Waals surface area contributed by atoms with Gasteiger partial charge in [-0.15, -0.1) is 0 Å². The summed E-state index contributed by atoms with van der Waals surface area (Å²) in [6, 6.07) is 16.5. The molecule has 2 aromatic rings. The molecule has 0 aliphatic carbocycles. The molecule has 0 aromatic heterocycles. The Morgan fingerprint density at radius 1 is 1.17 bits per heavy atom. The van der Waals surface area contributed by atoms with Gasteiger partial charge >= 0.3 is 0 Å². The normalized spacial score (nSPS) is 14.8. The van der Waals surface area contributed by atoms with Crippen molar-refractivity contribution in [3.05, 3.63) is 75.8 Å². The molecule has 0 heterocycles. The van der Waals surface area contributed by atoms with E-state index in [2.05, 4.69) is 5.32 Å². The van der Waals surface area contributed by atoms with E-state index in [0.717, 1.165) is 17.5 Å². The van der Waals surface area contributed by atoms with Crippen LogP contribution >= 0.6 is 0 Å². The second kappa shape index (κ2) is 8.04.